The van der Waals surface area contributed by atoms with Crippen LogP contribution in [0, 0.1) is 25.2 Å². The highest BCUT2D eigenvalue weighted by Gasteiger charge is 2.37. The van der Waals surface area contributed by atoms with Crippen LogP contribution in [0.5, 0.6) is 0 Å². The molecule has 0 radical (unpaired) electrons. The summed E-state index contributed by atoms with van der Waals surface area (Å²) < 4.78 is 13.2. The molecule has 2 aliphatic carbocycles. The van der Waals surface area contributed by atoms with Gasteiger partial charge in [-0.15, -0.1) is 11.3 Å². The maximum absolute atomic E-state index is 13.2. The third-order valence-corrected chi connectivity index (χ3v) is 6.04. The molecule has 0 saturated heterocycles. The van der Waals surface area contributed by atoms with E-state index in [2.05, 4.69) is 33.4 Å². The zero-order valence-corrected chi connectivity index (χ0v) is 13.2. The quantitative estimate of drug-likeness (QED) is 0.616. The average molecular weight is 288 g/mol. The number of hydrogen-bond acceptors (Lipinski definition) is 1. The summed E-state index contributed by atoms with van der Waals surface area (Å²) in [4.78, 5) is 2.82. The second kappa shape index (κ2) is 4.70. The van der Waals surface area contributed by atoms with Crippen molar-refractivity contribution in [1.82, 2.24) is 0 Å². The van der Waals surface area contributed by atoms with Crippen molar-refractivity contribution >= 4 is 16.9 Å². The molecule has 1 aromatic heterocycles. The van der Waals surface area contributed by atoms with Crippen molar-refractivity contribution in [2.75, 3.05) is 0 Å². The predicted molar refractivity (Wildman–Crippen MR) is 85.7 cm³/mol. The lowest BCUT2D eigenvalue weighted by atomic mass is 9.65. The zero-order valence-electron chi connectivity index (χ0n) is 12.4. The Bertz CT molecular complexity index is 632. The molecule has 2 atom stereocenters. The average Bonchev–Trinajstić information content (AvgIpc) is 2.69. The second-order valence-corrected chi connectivity index (χ2v) is 7.84. The highest BCUT2D eigenvalue weighted by molar-refractivity contribution is 7.12. The van der Waals surface area contributed by atoms with Crippen LogP contribution in [0.3, 0.4) is 0 Å². The molecular weight excluding hydrogens is 267 g/mol. The number of thiophene rings is 1. The summed E-state index contributed by atoms with van der Waals surface area (Å²) in [6.45, 7) is 11.0. The van der Waals surface area contributed by atoms with Gasteiger partial charge in [0.2, 0.25) is 0 Å². The number of hydrogen-bond donors (Lipinski definition) is 0. The van der Waals surface area contributed by atoms with Crippen molar-refractivity contribution in [3.05, 3.63) is 51.5 Å². The lowest BCUT2D eigenvalue weighted by molar-refractivity contribution is 0.250. The van der Waals surface area contributed by atoms with Crippen LogP contribution in [0.25, 0.3) is 5.57 Å². The largest absolute Gasteiger partial charge is 0.207 e. The molecule has 0 nitrogen and oxygen atoms in total. The van der Waals surface area contributed by atoms with Gasteiger partial charge in [0.05, 0.1) is 0 Å². The summed E-state index contributed by atoms with van der Waals surface area (Å²) in [5, 5.41) is 0. The van der Waals surface area contributed by atoms with Gasteiger partial charge in [-0.3, -0.25) is 0 Å². The Labute approximate surface area is 124 Å². The summed E-state index contributed by atoms with van der Waals surface area (Å²) in [7, 11) is 0. The molecule has 0 saturated carbocycles. The van der Waals surface area contributed by atoms with E-state index in [0.717, 1.165) is 19.3 Å². The van der Waals surface area contributed by atoms with E-state index >= 15 is 0 Å². The third-order valence-electron chi connectivity index (χ3n) is 4.97. The maximum Gasteiger partial charge on any atom is 0.118 e. The maximum atomic E-state index is 13.2. The molecule has 0 fully saturated rings. The van der Waals surface area contributed by atoms with Crippen LogP contribution >= 0.6 is 11.3 Å². The van der Waals surface area contributed by atoms with Crippen molar-refractivity contribution in [3.8, 4) is 0 Å². The van der Waals surface area contributed by atoms with Gasteiger partial charge in [-0.25, -0.2) is 4.39 Å². The lowest BCUT2D eigenvalue weighted by Crippen LogP contribution is -2.30. The van der Waals surface area contributed by atoms with Crippen LogP contribution in [0.4, 0.5) is 4.39 Å². The highest BCUT2D eigenvalue weighted by atomic mass is 32.1. The van der Waals surface area contributed by atoms with Crippen molar-refractivity contribution in [3.63, 3.8) is 0 Å². The molecule has 0 aromatic carbocycles. The Morgan fingerprint density at radius 3 is 2.70 bits per heavy atom. The Kier molecular flexibility index (Phi) is 3.24. The number of fused-ring (bicyclic) bond motifs is 1. The zero-order chi connectivity index (χ0) is 14.5. The molecule has 1 heterocycles. The fourth-order valence-corrected chi connectivity index (χ4v) is 4.79. The molecule has 2 heteroatoms. The normalized spacial score (nSPS) is 29.3. The van der Waals surface area contributed by atoms with Crippen LogP contribution in [0.1, 0.15) is 40.6 Å². The predicted octanol–water partition coefficient (Wildman–Crippen LogP) is 5.76. The van der Waals surface area contributed by atoms with Crippen molar-refractivity contribution in [1.29, 1.82) is 0 Å². The molecule has 2 unspecified atom stereocenters. The molecular formula is C18H21FS. The van der Waals surface area contributed by atoms with Gasteiger partial charge in [-0.2, -0.15) is 0 Å². The summed E-state index contributed by atoms with van der Waals surface area (Å²) in [6.07, 6.45) is 8.35. The summed E-state index contributed by atoms with van der Waals surface area (Å²) >= 11 is 1.89. The van der Waals surface area contributed by atoms with E-state index in [9.17, 15) is 4.39 Å². The Hall–Kier alpha value is -1.15. The molecule has 0 N–H and O–H groups in total. The first-order valence-corrected chi connectivity index (χ1v) is 8.04. The van der Waals surface area contributed by atoms with Gasteiger partial charge in [-0.05, 0) is 73.3 Å². The van der Waals surface area contributed by atoms with Gasteiger partial charge in [-0.1, -0.05) is 19.6 Å². The minimum atomic E-state index is -0.0969. The first-order valence-electron chi connectivity index (χ1n) is 7.22. The van der Waals surface area contributed by atoms with E-state index in [1.54, 1.807) is 12.2 Å². The molecule has 3 rings (SSSR count). The molecule has 2 aliphatic rings. The van der Waals surface area contributed by atoms with E-state index in [0.29, 0.717) is 5.92 Å². The third kappa shape index (κ3) is 2.10. The van der Waals surface area contributed by atoms with Gasteiger partial charge in [0.1, 0.15) is 5.83 Å². The Morgan fingerprint density at radius 2 is 2.05 bits per heavy atom. The lowest BCUT2D eigenvalue weighted by Gasteiger charge is -2.39. The van der Waals surface area contributed by atoms with Crippen molar-refractivity contribution < 1.29 is 4.39 Å². The molecule has 0 amide bonds. The number of allylic oxidation sites excluding steroid dienone is 5. The number of halogens is 1. The molecule has 0 spiro atoms. The van der Waals surface area contributed by atoms with E-state index in [-0.39, 0.29) is 11.2 Å². The SMILES string of the molecule is C=C1CC(C2(C)C=CC(F)=CC2)Cc2c(C)sc(C)c21. The molecule has 1 aromatic rings. The van der Waals surface area contributed by atoms with E-state index in [4.69, 9.17) is 0 Å². The molecule has 0 bridgehead atoms. The number of aryl methyl sites for hydroxylation is 2. The summed E-state index contributed by atoms with van der Waals surface area (Å²) in [6, 6.07) is 0. The van der Waals surface area contributed by atoms with Crippen molar-refractivity contribution in [2.45, 2.75) is 40.0 Å². The van der Waals surface area contributed by atoms with Gasteiger partial charge in [0, 0.05) is 9.75 Å². The van der Waals surface area contributed by atoms with Gasteiger partial charge >= 0.3 is 0 Å². The fraction of sp³-hybridized carbons (Fsp3) is 0.444. The Morgan fingerprint density at radius 1 is 1.30 bits per heavy atom. The summed E-state index contributed by atoms with van der Waals surface area (Å²) in [5.74, 6) is 0.427. The fourth-order valence-electron chi connectivity index (χ4n) is 3.65. The van der Waals surface area contributed by atoms with Crippen LogP contribution < -0.4 is 0 Å². The number of rotatable bonds is 1. The molecule has 106 valence electrons. The first-order chi connectivity index (χ1) is 9.40. The summed E-state index contributed by atoms with van der Waals surface area (Å²) in [5.41, 5.74) is 4.22. The molecule has 0 aliphatic heterocycles. The van der Waals surface area contributed by atoms with Gasteiger partial charge in [0.25, 0.3) is 0 Å². The smallest absolute Gasteiger partial charge is 0.118 e. The molecule has 20 heavy (non-hydrogen) atoms. The van der Waals surface area contributed by atoms with E-state index in [1.807, 2.05) is 11.3 Å². The van der Waals surface area contributed by atoms with Gasteiger partial charge in [0.15, 0.2) is 0 Å². The topological polar surface area (TPSA) is 0 Å². The minimum absolute atomic E-state index is 0.0541. The second-order valence-electron chi connectivity index (χ2n) is 6.41. The van der Waals surface area contributed by atoms with Crippen LogP contribution in [0.2, 0.25) is 0 Å². The standard InChI is InChI=1S/C18H21FS/c1-11-9-14(18(4)7-5-15(19)6-8-18)10-16-12(2)20-13(3)17(11)16/h5-7,14H,1,8-10H2,2-4H3. The minimum Gasteiger partial charge on any atom is -0.207 e. The van der Waals surface area contributed by atoms with Crippen molar-refractivity contribution in [2.24, 2.45) is 11.3 Å². The Balaban J connectivity index is 1.94. The monoisotopic (exact) mass is 288 g/mol. The van der Waals surface area contributed by atoms with E-state index < -0.39 is 0 Å². The van der Waals surface area contributed by atoms with Gasteiger partial charge < -0.3 is 0 Å². The van der Waals surface area contributed by atoms with Crippen LogP contribution in [-0.4, -0.2) is 0 Å². The first kappa shape index (κ1) is 13.8. The van der Waals surface area contributed by atoms with E-state index in [1.165, 1.54) is 26.5 Å². The van der Waals surface area contributed by atoms with Crippen LogP contribution in [0.15, 0.2) is 30.6 Å². The highest BCUT2D eigenvalue weighted by Crippen LogP contribution is 2.49. The van der Waals surface area contributed by atoms with Crippen LogP contribution in [-0.2, 0) is 6.42 Å².